The molecule has 0 aliphatic carbocycles. The number of thioether (sulfide) groups is 1. The Bertz CT molecular complexity index is 650. The quantitative estimate of drug-likeness (QED) is 0.625. The van der Waals surface area contributed by atoms with Gasteiger partial charge in [-0.2, -0.15) is 11.8 Å². The summed E-state index contributed by atoms with van der Waals surface area (Å²) in [5.41, 5.74) is 0.355. The van der Waals surface area contributed by atoms with Gasteiger partial charge in [-0.1, -0.05) is 13.8 Å². The average Bonchev–Trinajstić information content (AvgIpc) is 2.35. The highest BCUT2D eigenvalue weighted by atomic mass is 32.2. The first-order chi connectivity index (χ1) is 9.68. The number of nitro benzene ring substituents is 1. The fourth-order valence-corrected chi connectivity index (χ4v) is 4.72. The van der Waals surface area contributed by atoms with Crippen molar-refractivity contribution in [3.8, 4) is 0 Å². The number of hydrogen-bond donors (Lipinski definition) is 0. The van der Waals surface area contributed by atoms with Crippen molar-refractivity contribution in [2.75, 3.05) is 24.2 Å². The summed E-state index contributed by atoms with van der Waals surface area (Å²) in [4.78, 5) is 12.2. The van der Waals surface area contributed by atoms with Crippen molar-refractivity contribution in [2.24, 2.45) is 0 Å². The van der Waals surface area contributed by atoms with Gasteiger partial charge in [0.1, 0.15) is 4.90 Å². The Kier molecular flexibility index (Phi) is 4.48. The van der Waals surface area contributed by atoms with Gasteiger partial charge in [0.05, 0.1) is 4.92 Å². The second-order valence-corrected chi connectivity index (χ2v) is 9.21. The molecule has 2 atom stereocenters. The molecule has 1 saturated heterocycles. The SMILES string of the molecule is CC1CN(c2ccc([N+](=O)[O-])c(S(C)(=O)=O)c2)CC(C)S1. The predicted molar refractivity (Wildman–Crippen MR) is 84.9 cm³/mol. The van der Waals surface area contributed by atoms with Crippen LogP contribution in [0.5, 0.6) is 0 Å². The molecule has 1 aliphatic heterocycles. The average molecular weight is 330 g/mol. The highest BCUT2D eigenvalue weighted by molar-refractivity contribution is 8.00. The summed E-state index contributed by atoms with van der Waals surface area (Å²) in [7, 11) is -3.64. The van der Waals surface area contributed by atoms with Crippen molar-refractivity contribution >= 4 is 33.0 Å². The zero-order chi connectivity index (χ0) is 15.8. The van der Waals surface area contributed by atoms with Gasteiger partial charge in [0.25, 0.3) is 5.69 Å². The fourth-order valence-electron chi connectivity index (χ4n) is 2.54. The normalized spacial score (nSPS) is 23.1. The first kappa shape index (κ1) is 16.1. The Morgan fingerprint density at radius 2 is 1.86 bits per heavy atom. The minimum atomic E-state index is -3.64. The van der Waals surface area contributed by atoms with Gasteiger partial charge in [0.2, 0.25) is 0 Å². The van der Waals surface area contributed by atoms with Crippen molar-refractivity contribution in [3.05, 3.63) is 28.3 Å². The highest BCUT2D eigenvalue weighted by Gasteiger charge is 2.27. The van der Waals surface area contributed by atoms with Crippen LogP contribution in [0, 0.1) is 10.1 Å². The first-order valence-electron chi connectivity index (χ1n) is 6.57. The van der Waals surface area contributed by atoms with Crippen LogP contribution in [0.2, 0.25) is 0 Å². The maximum absolute atomic E-state index is 11.8. The molecule has 1 fully saturated rings. The largest absolute Gasteiger partial charge is 0.369 e. The summed E-state index contributed by atoms with van der Waals surface area (Å²) < 4.78 is 23.6. The second kappa shape index (κ2) is 5.84. The highest BCUT2D eigenvalue weighted by Crippen LogP contribution is 2.32. The summed E-state index contributed by atoms with van der Waals surface area (Å²) in [5.74, 6) is 0. The van der Waals surface area contributed by atoms with Gasteiger partial charge in [-0.25, -0.2) is 8.42 Å². The second-order valence-electron chi connectivity index (χ2n) is 5.34. The van der Waals surface area contributed by atoms with Crippen LogP contribution < -0.4 is 4.90 Å². The van der Waals surface area contributed by atoms with Crippen LogP contribution >= 0.6 is 11.8 Å². The van der Waals surface area contributed by atoms with Crippen LogP contribution in [0.4, 0.5) is 11.4 Å². The fraction of sp³-hybridized carbons (Fsp3) is 0.538. The maximum atomic E-state index is 11.8. The van der Waals surface area contributed by atoms with Crippen LogP contribution in [0.1, 0.15) is 13.8 Å². The molecule has 0 aromatic heterocycles. The van der Waals surface area contributed by atoms with E-state index in [9.17, 15) is 18.5 Å². The third kappa shape index (κ3) is 3.68. The number of nitrogens with zero attached hydrogens (tertiary/aromatic N) is 2. The molecular formula is C13H18N2O4S2. The number of rotatable bonds is 3. The molecular weight excluding hydrogens is 312 g/mol. The van der Waals surface area contributed by atoms with E-state index in [4.69, 9.17) is 0 Å². The van der Waals surface area contributed by atoms with Gasteiger partial charge in [0.15, 0.2) is 9.84 Å². The van der Waals surface area contributed by atoms with Crippen molar-refractivity contribution in [1.82, 2.24) is 0 Å². The summed E-state index contributed by atoms with van der Waals surface area (Å²) in [6, 6.07) is 4.33. The van der Waals surface area contributed by atoms with Crippen LogP contribution in [0.3, 0.4) is 0 Å². The van der Waals surface area contributed by atoms with Crippen molar-refractivity contribution in [2.45, 2.75) is 29.2 Å². The van der Waals surface area contributed by atoms with Crippen molar-refractivity contribution < 1.29 is 13.3 Å². The van der Waals surface area contributed by atoms with Crippen LogP contribution in [0.15, 0.2) is 23.1 Å². The molecule has 1 heterocycles. The molecule has 1 aliphatic rings. The minimum Gasteiger partial charge on any atom is -0.369 e. The molecule has 0 radical (unpaired) electrons. The molecule has 0 amide bonds. The van der Waals surface area contributed by atoms with Gasteiger partial charge in [-0.3, -0.25) is 10.1 Å². The third-order valence-electron chi connectivity index (χ3n) is 3.32. The summed E-state index contributed by atoms with van der Waals surface area (Å²) in [6.45, 7) is 5.85. The molecule has 2 unspecified atom stereocenters. The Morgan fingerprint density at radius 1 is 1.29 bits per heavy atom. The third-order valence-corrected chi connectivity index (χ3v) is 5.68. The molecule has 0 N–H and O–H groups in total. The first-order valence-corrected chi connectivity index (χ1v) is 9.41. The molecule has 8 heteroatoms. The number of benzene rings is 1. The number of anilines is 1. The van der Waals surface area contributed by atoms with E-state index in [1.165, 1.54) is 12.1 Å². The Labute approximate surface area is 128 Å². The molecule has 116 valence electrons. The van der Waals surface area contributed by atoms with Crippen LogP contribution in [-0.2, 0) is 9.84 Å². The molecule has 0 spiro atoms. The topological polar surface area (TPSA) is 80.5 Å². The molecule has 21 heavy (non-hydrogen) atoms. The Balaban J connectivity index is 2.45. The Hall–Kier alpha value is -1.28. The molecule has 0 bridgehead atoms. The van der Waals surface area contributed by atoms with E-state index in [1.54, 1.807) is 6.07 Å². The molecule has 0 saturated carbocycles. The van der Waals surface area contributed by atoms with Crippen LogP contribution in [0.25, 0.3) is 0 Å². The van der Waals surface area contributed by atoms with Gasteiger partial charge in [-0.05, 0) is 12.1 Å². The van der Waals surface area contributed by atoms with Gasteiger partial charge < -0.3 is 4.90 Å². The van der Waals surface area contributed by atoms with Gasteiger partial charge in [-0.15, -0.1) is 0 Å². The molecule has 1 aromatic rings. The van der Waals surface area contributed by atoms with E-state index in [2.05, 4.69) is 18.7 Å². The van der Waals surface area contributed by atoms with E-state index >= 15 is 0 Å². The lowest BCUT2D eigenvalue weighted by Crippen LogP contribution is -2.40. The standard InChI is InChI=1S/C13H18N2O4S2/c1-9-7-14(8-10(2)20-9)11-4-5-12(15(16)17)13(6-11)21(3,18)19/h4-6,9-10H,7-8H2,1-3H3. The lowest BCUT2D eigenvalue weighted by molar-refractivity contribution is -0.387. The minimum absolute atomic E-state index is 0.219. The van der Waals surface area contributed by atoms with Gasteiger partial charge >= 0.3 is 0 Å². The summed E-state index contributed by atoms with van der Waals surface area (Å²) in [6.07, 6.45) is 0.996. The maximum Gasteiger partial charge on any atom is 0.288 e. The summed E-state index contributed by atoms with van der Waals surface area (Å²) >= 11 is 1.89. The van der Waals surface area contributed by atoms with E-state index in [1.807, 2.05) is 11.8 Å². The molecule has 1 aromatic carbocycles. The summed E-state index contributed by atoms with van der Waals surface area (Å²) in [5, 5.41) is 11.9. The lowest BCUT2D eigenvalue weighted by Gasteiger charge is -2.36. The number of nitro groups is 1. The van der Waals surface area contributed by atoms with E-state index in [-0.39, 0.29) is 10.6 Å². The van der Waals surface area contributed by atoms with E-state index < -0.39 is 14.8 Å². The zero-order valence-corrected chi connectivity index (χ0v) is 13.8. The van der Waals surface area contributed by atoms with E-state index in [0.29, 0.717) is 10.5 Å². The number of hydrogen-bond acceptors (Lipinski definition) is 6. The number of sulfone groups is 1. The van der Waals surface area contributed by atoms with E-state index in [0.717, 1.165) is 25.0 Å². The molecule has 2 rings (SSSR count). The molecule has 6 nitrogen and oxygen atoms in total. The van der Waals surface area contributed by atoms with Crippen molar-refractivity contribution in [3.63, 3.8) is 0 Å². The lowest BCUT2D eigenvalue weighted by atomic mass is 10.2. The zero-order valence-electron chi connectivity index (χ0n) is 12.1. The van der Waals surface area contributed by atoms with Crippen molar-refractivity contribution in [1.29, 1.82) is 0 Å². The van der Waals surface area contributed by atoms with Gasteiger partial charge in [0, 0.05) is 41.6 Å². The predicted octanol–water partition coefficient (Wildman–Crippen LogP) is 2.33. The smallest absolute Gasteiger partial charge is 0.288 e. The monoisotopic (exact) mass is 330 g/mol. The Morgan fingerprint density at radius 3 is 2.33 bits per heavy atom. The van der Waals surface area contributed by atoms with Crippen LogP contribution in [-0.4, -0.2) is 43.2 Å².